The average molecular weight is 416 g/mol. The molecule has 0 amide bonds. The summed E-state index contributed by atoms with van der Waals surface area (Å²) >= 11 is 6.12. The first-order chi connectivity index (χ1) is 14.6. The molecule has 4 aromatic rings. The van der Waals surface area contributed by atoms with E-state index in [0.29, 0.717) is 11.6 Å². The maximum absolute atomic E-state index is 12.3. The summed E-state index contributed by atoms with van der Waals surface area (Å²) in [5.74, 6) is -0.219. The summed E-state index contributed by atoms with van der Waals surface area (Å²) in [5, 5.41) is 2.90. The highest BCUT2D eigenvalue weighted by Gasteiger charge is 2.17. The summed E-state index contributed by atoms with van der Waals surface area (Å²) in [6.07, 6.45) is 3.83. The standard InChI is InChI=1S/C26H22ClNO2/c1-3-30-25(29)16-24-17(2)14-21-15-20(18-10-12-28-13-11-18)6-9-23(21)26(24)19-4-7-22(27)8-5-19/h4-15H,3,16H2,1-2H3. The summed E-state index contributed by atoms with van der Waals surface area (Å²) < 4.78 is 5.23. The van der Waals surface area contributed by atoms with E-state index in [-0.39, 0.29) is 12.4 Å². The molecule has 0 saturated carbocycles. The Morgan fingerprint density at radius 3 is 2.33 bits per heavy atom. The first-order valence-corrected chi connectivity index (χ1v) is 10.3. The van der Waals surface area contributed by atoms with E-state index in [1.807, 2.05) is 50.2 Å². The first-order valence-electron chi connectivity index (χ1n) is 9.95. The molecule has 0 N–H and O–H groups in total. The highest BCUT2D eigenvalue weighted by Crippen LogP contribution is 2.37. The number of hydrogen-bond donors (Lipinski definition) is 0. The molecule has 0 aliphatic heterocycles. The molecule has 4 rings (SSSR count). The van der Waals surface area contributed by atoms with Crippen molar-refractivity contribution in [2.75, 3.05) is 6.61 Å². The van der Waals surface area contributed by atoms with Crippen molar-refractivity contribution in [2.24, 2.45) is 0 Å². The molecule has 0 atom stereocenters. The molecular formula is C26H22ClNO2. The van der Waals surface area contributed by atoms with Crippen molar-refractivity contribution in [3.8, 4) is 22.3 Å². The van der Waals surface area contributed by atoms with E-state index in [1.54, 1.807) is 12.4 Å². The Bertz CT molecular complexity index is 1200. The van der Waals surface area contributed by atoms with Crippen LogP contribution in [0.4, 0.5) is 0 Å². The number of carbonyl (C=O) groups excluding carboxylic acids is 1. The van der Waals surface area contributed by atoms with E-state index >= 15 is 0 Å². The zero-order chi connectivity index (χ0) is 21.1. The van der Waals surface area contributed by atoms with Crippen molar-refractivity contribution < 1.29 is 9.53 Å². The van der Waals surface area contributed by atoms with Gasteiger partial charge in [0.2, 0.25) is 0 Å². The maximum atomic E-state index is 12.3. The lowest BCUT2D eigenvalue weighted by molar-refractivity contribution is -0.142. The van der Waals surface area contributed by atoms with Gasteiger partial charge in [0.05, 0.1) is 13.0 Å². The number of nitrogens with zero attached hydrogens (tertiary/aromatic N) is 1. The monoisotopic (exact) mass is 415 g/mol. The van der Waals surface area contributed by atoms with Crippen LogP contribution in [-0.2, 0) is 16.0 Å². The van der Waals surface area contributed by atoms with Crippen LogP contribution in [0.15, 0.2) is 73.1 Å². The van der Waals surface area contributed by atoms with Crippen LogP contribution in [0.25, 0.3) is 33.0 Å². The summed E-state index contributed by atoms with van der Waals surface area (Å²) in [5.41, 5.74) is 6.38. The van der Waals surface area contributed by atoms with Crippen molar-refractivity contribution in [2.45, 2.75) is 20.3 Å². The second-order valence-electron chi connectivity index (χ2n) is 7.21. The third-order valence-corrected chi connectivity index (χ3v) is 5.50. The van der Waals surface area contributed by atoms with Gasteiger partial charge in [-0.3, -0.25) is 9.78 Å². The Hall–Kier alpha value is -3.17. The third-order valence-electron chi connectivity index (χ3n) is 5.24. The number of aryl methyl sites for hydroxylation is 1. The van der Waals surface area contributed by atoms with Gasteiger partial charge in [0.15, 0.2) is 0 Å². The number of pyridine rings is 1. The summed E-state index contributed by atoms with van der Waals surface area (Å²) in [6, 6.07) is 20.3. The van der Waals surface area contributed by atoms with Crippen molar-refractivity contribution in [3.05, 3.63) is 89.2 Å². The largest absolute Gasteiger partial charge is 0.466 e. The lowest BCUT2D eigenvalue weighted by Crippen LogP contribution is -2.10. The van der Waals surface area contributed by atoms with Gasteiger partial charge < -0.3 is 4.74 Å². The zero-order valence-electron chi connectivity index (χ0n) is 17.0. The average Bonchev–Trinajstić information content (AvgIpc) is 2.75. The summed E-state index contributed by atoms with van der Waals surface area (Å²) in [4.78, 5) is 16.4. The molecule has 0 spiro atoms. The predicted octanol–water partition coefficient (Wildman–Crippen LogP) is 6.64. The molecule has 0 radical (unpaired) electrons. The number of carbonyl (C=O) groups is 1. The van der Waals surface area contributed by atoms with Crippen LogP contribution < -0.4 is 0 Å². The van der Waals surface area contributed by atoms with Crippen LogP contribution >= 0.6 is 11.6 Å². The highest BCUT2D eigenvalue weighted by molar-refractivity contribution is 6.30. The third kappa shape index (κ3) is 4.07. The minimum absolute atomic E-state index is 0.219. The fraction of sp³-hybridized carbons (Fsp3) is 0.154. The Morgan fingerprint density at radius 2 is 1.63 bits per heavy atom. The van der Waals surface area contributed by atoms with Gasteiger partial charge in [-0.1, -0.05) is 41.9 Å². The number of benzene rings is 3. The SMILES string of the molecule is CCOC(=O)Cc1c(C)cc2cc(-c3ccncc3)ccc2c1-c1ccc(Cl)cc1. The van der Waals surface area contributed by atoms with Gasteiger partial charge in [-0.2, -0.15) is 0 Å². The molecule has 0 bridgehead atoms. The second-order valence-corrected chi connectivity index (χ2v) is 7.64. The molecule has 0 aliphatic rings. The van der Waals surface area contributed by atoms with Crippen molar-refractivity contribution in [3.63, 3.8) is 0 Å². The number of halogens is 1. The lowest BCUT2D eigenvalue weighted by atomic mass is 9.87. The molecule has 0 saturated heterocycles. The second kappa shape index (κ2) is 8.68. The Kier molecular flexibility index (Phi) is 5.82. The van der Waals surface area contributed by atoms with Crippen LogP contribution in [0.2, 0.25) is 5.02 Å². The normalized spacial score (nSPS) is 10.9. The minimum Gasteiger partial charge on any atom is -0.466 e. The van der Waals surface area contributed by atoms with E-state index in [2.05, 4.69) is 29.2 Å². The molecule has 0 aliphatic carbocycles. The fourth-order valence-corrected chi connectivity index (χ4v) is 3.97. The minimum atomic E-state index is -0.219. The molecule has 4 heteroatoms. The molecule has 3 nitrogen and oxygen atoms in total. The van der Waals surface area contributed by atoms with Crippen molar-refractivity contribution >= 4 is 28.3 Å². The van der Waals surface area contributed by atoms with Crippen LogP contribution in [0.1, 0.15) is 18.1 Å². The molecule has 0 unspecified atom stereocenters. The van der Waals surface area contributed by atoms with Gasteiger partial charge in [0, 0.05) is 17.4 Å². The Labute approximate surface area is 181 Å². The van der Waals surface area contributed by atoms with Gasteiger partial charge in [0.25, 0.3) is 0 Å². The predicted molar refractivity (Wildman–Crippen MR) is 123 cm³/mol. The smallest absolute Gasteiger partial charge is 0.310 e. The van der Waals surface area contributed by atoms with E-state index < -0.39 is 0 Å². The Morgan fingerprint density at radius 1 is 0.933 bits per heavy atom. The number of fused-ring (bicyclic) bond motifs is 1. The van der Waals surface area contributed by atoms with Crippen LogP contribution in [-0.4, -0.2) is 17.6 Å². The molecule has 30 heavy (non-hydrogen) atoms. The van der Waals surface area contributed by atoms with Gasteiger partial charge in [-0.25, -0.2) is 0 Å². The number of rotatable bonds is 5. The molecule has 1 aromatic heterocycles. The fourth-order valence-electron chi connectivity index (χ4n) is 3.84. The molecule has 0 fully saturated rings. The molecule has 150 valence electrons. The number of aromatic nitrogens is 1. The van der Waals surface area contributed by atoms with Crippen molar-refractivity contribution in [1.29, 1.82) is 0 Å². The van der Waals surface area contributed by atoms with E-state index in [4.69, 9.17) is 16.3 Å². The first kappa shape index (κ1) is 20.1. The van der Waals surface area contributed by atoms with Gasteiger partial charge >= 0.3 is 5.97 Å². The topological polar surface area (TPSA) is 39.2 Å². The Balaban J connectivity index is 1.94. The lowest BCUT2D eigenvalue weighted by Gasteiger charge is -2.17. The zero-order valence-corrected chi connectivity index (χ0v) is 17.7. The quantitative estimate of drug-likeness (QED) is 0.343. The van der Waals surface area contributed by atoms with E-state index in [9.17, 15) is 4.79 Å². The van der Waals surface area contributed by atoms with Crippen molar-refractivity contribution in [1.82, 2.24) is 4.98 Å². The van der Waals surface area contributed by atoms with Crippen LogP contribution in [0.3, 0.4) is 0 Å². The number of esters is 1. The molecule has 3 aromatic carbocycles. The van der Waals surface area contributed by atoms with Crippen LogP contribution in [0, 0.1) is 6.92 Å². The number of ether oxygens (including phenoxy) is 1. The highest BCUT2D eigenvalue weighted by atomic mass is 35.5. The van der Waals surface area contributed by atoms with E-state index in [0.717, 1.165) is 44.2 Å². The maximum Gasteiger partial charge on any atom is 0.310 e. The summed E-state index contributed by atoms with van der Waals surface area (Å²) in [7, 11) is 0. The number of hydrogen-bond acceptors (Lipinski definition) is 3. The van der Waals surface area contributed by atoms with Gasteiger partial charge in [-0.15, -0.1) is 0 Å². The molecular weight excluding hydrogens is 394 g/mol. The van der Waals surface area contributed by atoms with Crippen LogP contribution in [0.5, 0.6) is 0 Å². The summed E-state index contributed by atoms with van der Waals surface area (Å²) in [6.45, 7) is 4.25. The van der Waals surface area contributed by atoms with E-state index in [1.165, 1.54) is 0 Å². The van der Waals surface area contributed by atoms with Gasteiger partial charge in [-0.05, 0) is 88.3 Å². The molecule has 1 heterocycles. The van der Waals surface area contributed by atoms with Gasteiger partial charge in [0.1, 0.15) is 0 Å².